The molecule has 0 unspecified atom stereocenters. The van der Waals surface area contributed by atoms with Crippen LogP contribution >= 0.6 is 0 Å². The van der Waals surface area contributed by atoms with Crippen LogP contribution in [0.5, 0.6) is 17.2 Å². The largest absolute Gasteiger partial charge is 0.488 e. The molecule has 4 rings (SSSR count). The smallest absolute Gasteiger partial charge is 0.272 e. The third-order valence-electron chi connectivity index (χ3n) is 4.40. The molecule has 154 valence electrons. The summed E-state index contributed by atoms with van der Waals surface area (Å²) in [4.78, 5) is 18.3. The van der Waals surface area contributed by atoms with Crippen molar-refractivity contribution < 1.29 is 18.8 Å². The predicted octanol–water partition coefficient (Wildman–Crippen LogP) is 5.56. The molecule has 0 atom stereocenters. The lowest BCUT2D eigenvalue weighted by Crippen LogP contribution is -1.98. The van der Waals surface area contributed by atoms with Gasteiger partial charge in [0.2, 0.25) is 0 Å². The molecule has 3 aromatic carbocycles. The Hall–Kier alpha value is -4.33. The van der Waals surface area contributed by atoms with Crippen LogP contribution in [0.1, 0.15) is 5.56 Å². The molecule has 1 heterocycles. The van der Waals surface area contributed by atoms with Crippen LogP contribution in [-0.2, 0) is 6.61 Å². The molecule has 0 aliphatic rings. The van der Waals surface area contributed by atoms with E-state index in [1.54, 1.807) is 30.5 Å². The number of hydrogen-bond donors (Lipinski definition) is 0. The molecule has 7 nitrogen and oxygen atoms in total. The molecule has 8 heteroatoms. The van der Waals surface area contributed by atoms with E-state index in [9.17, 15) is 14.5 Å². The number of rotatable bonds is 7. The average molecular weight is 417 g/mol. The van der Waals surface area contributed by atoms with Gasteiger partial charge in [0.1, 0.15) is 24.4 Å². The van der Waals surface area contributed by atoms with Crippen molar-refractivity contribution >= 4 is 5.69 Å². The van der Waals surface area contributed by atoms with Gasteiger partial charge in [-0.05, 0) is 35.9 Å². The highest BCUT2D eigenvalue weighted by atomic mass is 19.1. The van der Waals surface area contributed by atoms with Gasteiger partial charge in [-0.25, -0.2) is 14.4 Å². The van der Waals surface area contributed by atoms with Crippen LogP contribution in [0, 0.1) is 15.9 Å². The van der Waals surface area contributed by atoms with E-state index in [1.807, 2.05) is 30.3 Å². The molecule has 0 N–H and O–H groups in total. The van der Waals surface area contributed by atoms with Gasteiger partial charge in [0.15, 0.2) is 11.6 Å². The fraction of sp³-hybridized carbons (Fsp3) is 0.0435. The lowest BCUT2D eigenvalue weighted by molar-refractivity contribution is -0.385. The number of nitrogens with zero attached hydrogens (tertiary/aromatic N) is 3. The molecule has 0 radical (unpaired) electrons. The van der Waals surface area contributed by atoms with Crippen molar-refractivity contribution in [2.24, 2.45) is 0 Å². The summed E-state index contributed by atoms with van der Waals surface area (Å²) in [7, 11) is 0. The summed E-state index contributed by atoms with van der Waals surface area (Å²) in [5.74, 6) is -0.0631. The van der Waals surface area contributed by atoms with Crippen molar-refractivity contribution in [2.45, 2.75) is 6.61 Å². The number of nitro groups is 1. The van der Waals surface area contributed by atoms with E-state index in [1.165, 1.54) is 18.5 Å². The van der Waals surface area contributed by atoms with E-state index in [0.29, 0.717) is 29.4 Å². The molecule has 0 fully saturated rings. The van der Waals surface area contributed by atoms with Gasteiger partial charge in [-0.3, -0.25) is 10.1 Å². The Labute approximate surface area is 176 Å². The Bertz CT molecular complexity index is 1200. The van der Waals surface area contributed by atoms with E-state index in [4.69, 9.17) is 9.47 Å². The first-order valence-electron chi connectivity index (χ1n) is 9.29. The van der Waals surface area contributed by atoms with E-state index >= 15 is 0 Å². The molecule has 31 heavy (non-hydrogen) atoms. The van der Waals surface area contributed by atoms with Crippen LogP contribution in [-0.4, -0.2) is 14.9 Å². The van der Waals surface area contributed by atoms with Crippen LogP contribution in [0.3, 0.4) is 0 Å². The van der Waals surface area contributed by atoms with Gasteiger partial charge >= 0.3 is 0 Å². The van der Waals surface area contributed by atoms with E-state index in [2.05, 4.69) is 9.97 Å². The summed E-state index contributed by atoms with van der Waals surface area (Å²) in [6, 6.07) is 19.7. The first-order valence-corrected chi connectivity index (χ1v) is 9.29. The standard InChI is InChI=1S/C23H16FN3O4/c24-20-12-17(27(28)29)6-8-23(20)31-18-7-9-22(30-14-16-4-2-1-3-5-16)19(13-18)21-10-11-25-15-26-21/h1-13,15H,14H2. The predicted molar refractivity (Wildman–Crippen MR) is 111 cm³/mol. The topological polar surface area (TPSA) is 87.4 Å². The number of non-ortho nitro benzene ring substituents is 1. The number of aromatic nitrogens is 2. The normalized spacial score (nSPS) is 10.5. The number of halogens is 1. The maximum Gasteiger partial charge on any atom is 0.272 e. The molecule has 1 aromatic heterocycles. The minimum absolute atomic E-state index is 0.128. The van der Waals surface area contributed by atoms with Crippen molar-refractivity contribution in [3.8, 4) is 28.5 Å². The second-order valence-electron chi connectivity index (χ2n) is 6.50. The Morgan fingerprint density at radius 1 is 0.968 bits per heavy atom. The second kappa shape index (κ2) is 9.00. The Morgan fingerprint density at radius 3 is 2.48 bits per heavy atom. The third-order valence-corrected chi connectivity index (χ3v) is 4.40. The summed E-state index contributed by atoms with van der Waals surface area (Å²) in [5, 5.41) is 10.8. The van der Waals surface area contributed by atoms with Crippen LogP contribution < -0.4 is 9.47 Å². The Balaban J connectivity index is 1.63. The van der Waals surface area contributed by atoms with Crippen molar-refractivity contribution in [1.82, 2.24) is 9.97 Å². The molecule has 0 bridgehead atoms. The molecule has 0 amide bonds. The summed E-state index contributed by atoms with van der Waals surface area (Å²) in [6.07, 6.45) is 3.02. The van der Waals surface area contributed by atoms with Crippen molar-refractivity contribution in [1.29, 1.82) is 0 Å². The zero-order valence-electron chi connectivity index (χ0n) is 16.1. The molecular weight excluding hydrogens is 401 g/mol. The molecule has 0 saturated heterocycles. The average Bonchev–Trinajstić information content (AvgIpc) is 2.80. The maximum absolute atomic E-state index is 14.2. The van der Waals surface area contributed by atoms with Crippen LogP contribution in [0.4, 0.5) is 10.1 Å². The van der Waals surface area contributed by atoms with Gasteiger partial charge in [0.25, 0.3) is 5.69 Å². The van der Waals surface area contributed by atoms with Crippen LogP contribution in [0.2, 0.25) is 0 Å². The van der Waals surface area contributed by atoms with Crippen LogP contribution in [0.15, 0.2) is 85.3 Å². The van der Waals surface area contributed by atoms with Crippen LogP contribution in [0.25, 0.3) is 11.3 Å². The number of ether oxygens (including phenoxy) is 2. The van der Waals surface area contributed by atoms with E-state index in [0.717, 1.165) is 11.6 Å². The Kier molecular flexibility index (Phi) is 5.79. The molecule has 0 aliphatic carbocycles. The monoisotopic (exact) mass is 417 g/mol. The minimum atomic E-state index is -0.831. The van der Waals surface area contributed by atoms with E-state index < -0.39 is 10.7 Å². The number of benzene rings is 3. The SMILES string of the molecule is O=[N+]([O-])c1ccc(Oc2ccc(OCc3ccccc3)c(-c3ccncn3)c2)c(F)c1. The summed E-state index contributed by atoms with van der Waals surface area (Å²) < 4.78 is 25.8. The highest BCUT2D eigenvalue weighted by Gasteiger charge is 2.15. The number of hydrogen-bond acceptors (Lipinski definition) is 6. The van der Waals surface area contributed by atoms with Crippen molar-refractivity contribution in [3.63, 3.8) is 0 Å². The Morgan fingerprint density at radius 2 is 1.77 bits per heavy atom. The quantitative estimate of drug-likeness (QED) is 0.289. The minimum Gasteiger partial charge on any atom is -0.488 e. The summed E-state index contributed by atoms with van der Waals surface area (Å²) in [6.45, 7) is 0.357. The third kappa shape index (κ3) is 4.81. The van der Waals surface area contributed by atoms with Crippen molar-refractivity contribution in [3.05, 3.63) is 107 Å². The second-order valence-corrected chi connectivity index (χ2v) is 6.50. The molecular formula is C23H16FN3O4. The first kappa shape index (κ1) is 20.0. The fourth-order valence-corrected chi connectivity index (χ4v) is 2.90. The van der Waals surface area contributed by atoms with Gasteiger partial charge in [-0.1, -0.05) is 30.3 Å². The maximum atomic E-state index is 14.2. The highest BCUT2D eigenvalue weighted by Crippen LogP contribution is 2.35. The van der Waals surface area contributed by atoms with Gasteiger partial charge in [-0.15, -0.1) is 0 Å². The molecule has 0 aliphatic heterocycles. The zero-order chi connectivity index (χ0) is 21.6. The van der Waals surface area contributed by atoms with Gasteiger partial charge in [0.05, 0.1) is 16.7 Å². The fourth-order valence-electron chi connectivity index (χ4n) is 2.90. The molecule has 0 spiro atoms. The number of nitro benzene ring substituents is 1. The van der Waals surface area contributed by atoms with Crippen molar-refractivity contribution in [2.75, 3.05) is 0 Å². The van der Waals surface area contributed by atoms with E-state index in [-0.39, 0.29) is 11.4 Å². The highest BCUT2D eigenvalue weighted by molar-refractivity contribution is 5.69. The molecule has 4 aromatic rings. The first-order chi connectivity index (χ1) is 15.1. The summed E-state index contributed by atoms with van der Waals surface area (Å²) >= 11 is 0. The summed E-state index contributed by atoms with van der Waals surface area (Å²) in [5.41, 5.74) is 1.89. The molecule has 0 saturated carbocycles. The zero-order valence-corrected chi connectivity index (χ0v) is 16.1. The van der Waals surface area contributed by atoms with Gasteiger partial charge < -0.3 is 9.47 Å². The van der Waals surface area contributed by atoms with Gasteiger partial charge in [-0.2, -0.15) is 0 Å². The van der Waals surface area contributed by atoms with Gasteiger partial charge in [0, 0.05) is 17.8 Å². The lowest BCUT2D eigenvalue weighted by Gasteiger charge is -2.14. The lowest BCUT2D eigenvalue weighted by atomic mass is 10.1.